The molecule has 0 radical (unpaired) electrons. The first-order chi connectivity index (χ1) is 9.16. The van der Waals surface area contributed by atoms with Gasteiger partial charge in [-0.2, -0.15) is 0 Å². The second-order valence-corrected chi connectivity index (χ2v) is 6.03. The number of hydrogen-bond donors (Lipinski definition) is 1. The molecular weight excluding hydrogens is 319 g/mol. The number of halogens is 3. The normalized spacial score (nSPS) is 22.3. The van der Waals surface area contributed by atoms with E-state index in [1.54, 1.807) is 0 Å². The summed E-state index contributed by atoms with van der Waals surface area (Å²) in [6, 6.07) is 5.83. The van der Waals surface area contributed by atoms with Gasteiger partial charge in [0.05, 0.1) is 22.0 Å². The van der Waals surface area contributed by atoms with E-state index in [2.05, 4.69) is 5.32 Å². The molecule has 1 atom stereocenters. The van der Waals surface area contributed by atoms with Crippen LogP contribution in [0.25, 0.3) is 0 Å². The van der Waals surface area contributed by atoms with E-state index in [0.717, 1.165) is 38.0 Å². The summed E-state index contributed by atoms with van der Waals surface area (Å²) >= 11 is 12.0. The van der Waals surface area contributed by atoms with Gasteiger partial charge in [-0.1, -0.05) is 29.3 Å². The van der Waals surface area contributed by atoms with Crippen molar-refractivity contribution in [2.75, 3.05) is 19.6 Å². The van der Waals surface area contributed by atoms with Crippen molar-refractivity contribution in [1.82, 2.24) is 10.2 Å². The fourth-order valence-corrected chi connectivity index (χ4v) is 3.10. The molecule has 3 rings (SSSR count). The Kier molecular flexibility index (Phi) is 5.19. The SMILES string of the molecule is Cl.O=C(C1CNC1)N1CCCC1c1ccc(Cl)c(Cl)c1. The fourth-order valence-electron chi connectivity index (χ4n) is 2.79. The fraction of sp³-hybridized carbons (Fsp3) is 0.500. The van der Waals surface area contributed by atoms with Gasteiger partial charge in [-0.15, -0.1) is 12.4 Å². The van der Waals surface area contributed by atoms with E-state index in [9.17, 15) is 4.79 Å². The molecule has 2 aliphatic heterocycles. The largest absolute Gasteiger partial charge is 0.335 e. The van der Waals surface area contributed by atoms with Gasteiger partial charge in [-0.3, -0.25) is 4.79 Å². The van der Waals surface area contributed by atoms with Crippen molar-refractivity contribution in [1.29, 1.82) is 0 Å². The molecule has 2 aliphatic rings. The summed E-state index contributed by atoms with van der Waals surface area (Å²) in [4.78, 5) is 14.4. The van der Waals surface area contributed by atoms with Gasteiger partial charge < -0.3 is 10.2 Å². The molecule has 3 nitrogen and oxygen atoms in total. The Hall–Kier alpha value is -0.480. The summed E-state index contributed by atoms with van der Waals surface area (Å²) < 4.78 is 0. The maximum absolute atomic E-state index is 12.4. The highest BCUT2D eigenvalue weighted by molar-refractivity contribution is 6.42. The molecule has 6 heteroatoms. The molecule has 110 valence electrons. The maximum atomic E-state index is 12.4. The Balaban J connectivity index is 0.00000147. The number of benzene rings is 1. The zero-order valence-corrected chi connectivity index (χ0v) is 13.3. The topological polar surface area (TPSA) is 32.3 Å². The van der Waals surface area contributed by atoms with E-state index in [1.165, 1.54) is 0 Å². The van der Waals surface area contributed by atoms with Crippen molar-refractivity contribution in [3.05, 3.63) is 33.8 Å². The van der Waals surface area contributed by atoms with Crippen LogP contribution >= 0.6 is 35.6 Å². The molecule has 0 aliphatic carbocycles. The molecule has 0 spiro atoms. The molecular formula is C14H17Cl3N2O. The van der Waals surface area contributed by atoms with Crippen molar-refractivity contribution in [2.24, 2.45) is 5.92 Å². The number of rotatable bonds is 2. The van der Waals surface area contributed by atoms with Crippen molar-refractivity contribution in [2.45, 2.75) is 18.9 Å². The van der Waals surface area contributed by atoms with Gasteiger partial charge in [-0.25, -0.2) is 0 Å². The monoisotopic (exact) mass is 334 g/mol. The lowest BCUT2D eigenvalue weighted by Gasteiger charge is -2.33. The lowest BCUT2D eigenvalue weighted by atomic mass is 9.99. The number of hydrogen-bond acceptors (Lipinski definition) is 2. The van der Waals surface area contributed by atoms with Crippen LogP contribution in [0, 0.1) is 5.92 Å². The van der Waals surface area contributed by atoms with Gasteiger partial charge in [-0.05, 0) is 30.5 Å². The zero-order valence-electron chi connectivity index (χ0n) is 10.9. The van der Waals surface area contributed by atoms with Crippen LogP contribution < -0.4 is 5.32 Å². The van der Waals surface area contributed by atoms with Crippen LogP contribution in [0.2, 0.25) is 10.0 Å². The first kappa shape index (κ1) is 15.9. The van der Waals surface area contributed by atoms with Crippen LogP contribution in [-0.2, 0) is 4.79 Å². The molecule has 2 fully saturated rings. The lowest BCUT2D eigenvalue weighted by molar-refractivity contribution is -0.138. The molecule has 0 bridgehead atoms. The number of amides is 1. The molecule has 20 heavy (non-hydrogen) atoms. The summed E-state index contributed by atoms with van der Waals surface area (Å²) in [6.07, 6.45) is 2.06. The van der Waals surface area contributed by atoms with Crippen molar-refractivity contribution >= 4 is 41.5 Å². The van der Waals surface area contributed by atoms with E-state index < -0.39 is 0 Å². The maximum Gasteiger partial charge on any atom is 0.228 e. The number of carbonyl (C=O) groups excluding carboxylic acids is 1. The van der Waals surface area contributed by atoms with Gasteiger partial charge in [0, 0.05) is 19.6 Å². The van der Waals surface area contributed by atoms with Crippen molar-refractivity contribution in [3.8, 4) is 0 Å². The number of nitrogens with zero attached hydrogens (tertiary/aromatic N) is 1. The molecule has 0 saturated carbocycles. The van der Waals surface area contributed by atoms with Crippen LogP contribution in [0.5, 0.6) is 0 Å². The predicted octanol–water partition coefficient (Wildman–Crippen LogP) is 3.30. The highest BCUT2D eigenvalue weighted by atomic mass is 35.5. The molecule has 2 heterocycles. The van der Waals surface area contributed by atoms with Gasteiger partial charge in [0.15, 0.2) is 0 Å². The van der Waals surface area contributed by atoms with Gasteiger partial charge in [0.25, 0.3) is 0 Å². The molecule has 0 aromatic heterocycles. The van der Waals surface area contributed by atoms with Crippen LogP contribution in [0.4, 0.5) is 0 Å². The summed E-state index contributed by atoms with van der Waals surface area (Å²) in [7, 11) is 0. The predicted molar refractivity (Wildman–Crippen MR) is 83.8 cm³/mol. The number of likely N-dealkylation sites (tertiary alicyclic amines) is 1. The average molecular weight is 336 g/mol. The molecule has 1 amide bonds. The Morgan fingerprint density at radius 2 is 2.00 bits per heavy atom. The Labute approximate surface area is 135 Å². The molecule has 1 aromatic rings. The standard InChI is InChI=1S/C14H16Cl2N2O.ClH/c15-11-4-3-9(6-12(11)16)13-2-1-5-18(13)14(19)10-7-17-8-10;/h3-4,6,10,13,17H,1-2,5,7-8H2;1H. The van der Waals surface area contributed by atoms with Crippen molar-refractivity contribution in [3.63, 3.8) is 0 Å². The average Bonchev–Trinajstić information content (AvgIpc) is 2.79. The second kappa shape index (κ2) is 6.52. The minimum absolute atomic E-state index is 0. The Morgan fingerprint density at radius 1 is 1.25 bits per heavy atom. The van der Waals surface area contributed by atoms with E-state index in [1.807, 2.05) is 23.1 Å². The number of carbonyl (C=O) groups is 1. The summed E-state index contributed by atoms with van der Waals surface area (Å²) in [5.41, 5.74) is 1.09. The highest BCUT2D eigenvalue weighted by Gasteiger charge is 2.36. The van der Waals surface area contributed by atoms with Gasteiger partial charge in [0.2, 0.25) is 5.91 Å². The first-order valence-electron chi connectivity index (χ1n) is 6.63. The molecule has 2 saturated heterocycles. The lowest BCUT2D eigenvalue weighted by Crippen LogP contribution is -2.51. The van der Waals surface area contributed by atoms with Crippen LogP contribution in [-0.4, -0.2) is 30.4 Å². The van der Waals surface area contributed by atoms with Crippen LogP contribution in [0.1, 0.15) is 24.4 Å². The third kappa shape index (κ3) is 2.91. The minimum Gasteiger partial charge on any atom is -0.335 e. The molecule has 1 aromatic carbocycles. The Morgan fingerprint density at radius 3 is 2.60 bits per heavy atom. The minimum atomic E-state index is 0. The quantitative estimate of drug-likeness (QED) is 0.899. The highest BCUT2D eigenvalue weighted by Crippen LogP contribution is 2.36. The summed E-state index contributed by atoms with van der Waals surface area (Å²) in [5, 5.41) is 4.27. The van der Waals surface area contributed by atoms with Gasteiger partial charge >= 0.3 is 0 Å². The molecule has 1 N–H and O–H groups in total. The van der Waals surface area contributed by atoms with E-state index >= 15 is 0 Å². The smallest absolute Gasteiger partial charge is 0.228 e. The van der Waals surface area contributed by atoms with Crippen molar-refractivity contribution < 1.29 is 4.79 Å². The molecule has 1 unspecified atom stereocenters. The summed E-state index contributed by atoms with van der Waals surface area (Å²) in [6.45, 7) is 2.47. The summed E-state index contributed by atoms with van der Waals surface area (Å²) in [5.74, 6) is 0.427. The Bertz CT molecular complexity index is 505. The number of nitrogens with one attached hydrogen (secondary N) is 1. The first-order valence-corrected chi connectivity index (χ1v) is 7.38. The van der Waals surface area contributed by atoms with Gasteiger partial charge in [0.1, 0.15) is 0 Å². The van der Waals surface area contributed by atoms with Crippen LogP contribution in [0.15, 0.2) is 18.2 Å². The zero-order chi connectivity index (χ0) is 13.4. The van der Waals surface area contributed by atoms with E-state index in [-0.39, 0.29) is 30.3 Å². The van der Waals surface area contributed by atoms with E-state index in [4.69, 9.17) is 23.2 Å². The second-order valence-electron chi connectivity index (χ2n) is 5.22. The van der Waals surface area contributed by atoms with Crippen LogP contribution in [0.3, 0.4) is 0 Å². The third-order valence-corrected chi connectivity index (χ3v) is 4.73. The van der Waals surface area contributed by atoms with E-state index in [0.29, 0.717) is 10.0 Å². The third-order valence-electron chi connectivity index (χ3n) is 4.00.